The zero-order valence-corrected chi connectivity index (χ0v) is 17.7. The van der Waals surface area contributed by atoms with E-state index in [2.05, 4.69) is 28.0 Å². The van der Waals surface area contributed by atoms with E-state index in [0.717, 1.165) is 70.1 Å². The molecule has 0 unspecified atom stereocenters. The molecule has 158 valence electrons. The largest absolute Gasteiger partial charge is 0.462 e. The van der Waals surface area contributed by atoms with E-state index in [0.29, 0.717) is 18.3 Å². The molecule has 3 heterocycles. The second-order valence-corrected chi connectivity index (χ2v) is 9.55. The third-order valence-electron chi connectivity index (χ3n) is 7.54. The number of nitrogens with zero attached hydrogens (tertiary/aromatic N) is 2. The van der Waals surface area contributed by atoms with Gasteiger partial charge in [-0.2, -0.15) is 0 Å². The molecule has 1 spiro atoms. The molecule has 2 saturated heterocycles. The van der Waals surface area contributed by atoms with Crippen LogP contribution in [0.1, 0.15) is 63.9 Å². The van der Waals surface area contributed by atoms with Crippen LogP contribution in [0.4, 0.5) is 5.69 Å². The average molecular weight is 399 g/mol. The van der Waals surface area contributed by atoms with Gasteiger partial charge >= 0.3 is 0 Å². The molecule has 4 aliphatic rings. The lowest BCUT2D eigenvalue weighted by Crippen LogP contribution is -2.54. The van der Waals surface area contributed by atoms with Gasteiger partial charge in [0.25, 0.3) is 0 Å². The maximum absolute atomic E-state index is 11.4. The fourth-order valence-corrected chi connectivity index (χ4v) is 5.44. The summed E-state index contributed by atoms with van der Waals surface area (Å²) in [6.07, 6.45) is 9.00. The van der Waals surface area contributed by atoms with E-state index in [1.807, 2.05) is 0 Å². The van der Waals surface area contributed by atoms with Gasteiger partial charge < -0.3 is 19.2 Å². The molecule has 0 amide bonds. The van der Waals surface area contributed by atoms with Gasteiger partial charge in [0, 0.05) is 62.7 Å². The lowest BCUT2D eigenvalue weighted by Gasteiger charge is -2.47. The van der Waals surface area contributed by atoms with Crippen molar-refractivity contribution >= 4 is 11.5 Å². The number of ketones is 1. The third-order valence-corrected chi connectivity index (χ3v) is 7.54. The van der Waals surface area contributed by atoms with Crippen molar-refractivity contribution in [3.63, 3.8) is 0 Å². The van der Waals surface area contributed by atoms with Crippen LogP contribution >= 0.6 is 0 Å². The Bertz CT molecular complexity index is 744. The van der Waals surface area contributed by atoms with Gasteiger partial charge in [0.2, 0.25) is 5.79 Å². The molecular formula is C24H34N2O3. The normalized spacial score (nSPS) is 25.3. The number of anilines is 1. The molecule has 0 bridgehead atoms. The monoisotopic (exact) mass is 398 g/mol. The Balaban J connectivity index is 1.20. The molecule has 29 heavy (non-hydrogen) atoms. The number of piperidine rings is 2. The van der Waals surface area contributed by atoms with Crippen LogP contribution in [-0.4, -0.2) is 48.7 Å². The summed E-state index contributed by atoms with van der Waals surface area (Å²) in [4.78, 5) is 16.5. The van der Waals surface area contributed by atoms with Crippen molar-refractivity contribution in [3.8, 4) is 5.75 Å². The predicted octanol–water partition coefficient (Wildman–Crippen LogP) is 4.14. The molecular weight excluding hydrogens is 364 g/mol. The first-order chi connectivity index (χ1) is 14.1. The fourth-order valence-electron chi connectivity index (χ4n) is 5.44. The lowest BCUT2D eigenvalue weighted by atomic mass is 9.89. The molecule has 3 aliphatic heterocycles. The summed E-state index contributed by atoms with van der Waals surface area (Å²) in [5.41, 5.74) is 2.42. The van der Waals surface area contributed by atoms with Gasteiger partial charge in [0.05, 0.1) is 6.61 Å². The second kappa shape index (κ2) is 7.92. The second-order valence-electron chi connectivity index (χ2n) is 9.55. The molecule has 5 nitrogen and oxygen atoms in total. The van der Waals surface area contributed by atoms with Gasteiger partial charge in [-0.15, -0.1) is 0 Å². The molecule has 5 heteroatoms. The smallest absolute Gasteiger partial charge is 0.213 e. The minimum atomic E-state index is -0.417. The average Bonchev–Trinajstić information content (AvgIpc) is 2.68. The Labute approximate surface area is 174 Å². The summed E-state index contributed by atoms with van der Waals surface area (Å²) in [5, 5.41) is 0. The Hall–Kier alpha value is -1.59. The summed E-state index contributed by atoms with van der Waals surface area (Å²) in [6.45, 7) is 6.59. The molecule has 5 rings (SSSR count). The van der Waals surface area contributed by atoms with Gasteiger partial charge in [-0.1, -0.05) is 6.42 Å². The number of hydrogen-bond donors (Lipinski definition) is 0. The maximum atomic E-state index is 11.4. The molecule has 3 fully saturated rings. The number of likely N-dealkylation sites (tertiary alicyclic amines) is 1. The Morgan fingerprint density at radius 2 is 1.86 bits per heavy atom. The van der Waals surface area contributed by atoms with Crippen molar-refractivity contribution in [1.82, 2.24) is 4.90 Å². The van der Waals surface area contributed by atoms with Crippen LogP contribution in [0, 0.1) is 5.92 Å². The molecule has 0 atom stereocenters. The molecule has 0 radical (unpaired) electrons. The van der Waals surface area contributed by atoms with Crippen LogP contribution in [0.25, 0.3) is 0 Å². The summed E-state index contributed by atoms with van der Waals surface area (Å²) in [5.74, 6) is 1.46. The van der Waals surface area contributed by atoms with Crippen molar-refractivity contribution in [2.24, 2.45) is 5.92 Å². The van der Waals surface area contributed by atoms with E-state index in [9.17, 15) is 4.79 Å². The summed E-state index contributed by atoms with van der Waals surface area (Å²) in [7, 11) is 0. The SMILES string of the molecule is CC(=O)CC1CCN(c2ccc3c(c2)COC2(CCN(C4CCC4)CC2)O3)CC1. The number of benzene rings is 1. The van der Waals surface area contributed by atoms with Crippen LogP contribution in [0.2, 0.25) is 0 Å². The standard InChI is InChI=1S/C24H34N2O3/c1-18(27)15-19-7-11-25(12-8-19)22-5-6-23-20(16-22)17-28-24(29-23)9-13-26(14-10-24)21-3-2-4-21/h5-6,16,19,21H,2-4,7-15,17H2,1H3. The quantitative estimate of drug-likeness (QED) is 0.763. The predicted molar refractivity (Wildman–Crippen MR) is 113 cm³/mol. The number of Topliss-reactive ketones (excluding diaryl/α,β-unsaturated/α-hetero) is 1. The van der Waals surface area contributed by atoms with Crippen LogP contribution < -0.4 is 9.64 Å². The fraction of sp³-hybridized carbons (Fsp3) is 0.708. The Morgan fingerprint density at radius 1 is 1.10 bits per heavy atom. The van der Waals surface area contributed by atoms with E-state index in [4.69, 9.17) is 9.47 Å². The minimum absolute atomic E-state index is 0.318. The van der Waals surface area contributed by atoms with Crippen molar-refractivity contribution in [2.45, 2.75) is 76.7 Å². The number of rotatable bonds is 4. The third kappa shape index (κ3) is 4.04. The van der Waals surface area contributed by atoms with Gasteiger partial charge in [0.15, 0.2) is 0 Å². The van der Waals surface area contributed by atoms with Crippen molar-refractivity contribution < 1.29 is 14.3 Å². The first-order valence-electron chi connectivity index (χ1n) is 11.5. The molecule has 0 N–H and O–H groups in total. The molecule has 1 aliphatic carbocycles. The first kappa shape index (κ1) is 19.4. The highest BCUT2D eigenvalue weighted by Crippen LogP contribution is 2.40. The molecule has 1 aromatic carbocycles. The molecule has 1 aromatic rings. The van der Waals surface area contributed by atoms with Crippen molar-refractivity contribution in [1.29, 1.82) is 0 Å². The Kier molecular flexibility index (Phi) is 5.29. The van der Waals surface area contributed by atoms with Crippen LogP contribution in [0.15, 0.2) is 18.2 Å². The maximum Gasteiger partial charge on any atom is 0.213 e. The number of carbonyl (C=O) groups is 1. The topological polar surface area (TPSA) is 42.0 Å². The molecule has 0 aromatic heterocycles. The summed E-state index contributed by atoms with van der Waals surface area (Å²) in [6, 6.07) is 7.41. The summed E-state index contributed by atoms with van der Waals surface area (Å²) < 4.78 is 12.7. The zero-order chi connectivity index (χ0) is 19.8. The van der Waals surface area contributed by atoms with Crippen molar-refractivity contribution in [2.75, 3.05) is 31.1 Å². The highest BCUT2D eigenvalue weighted by Gasteiger charge is 2.42. The van der Waals surface area contributed by atoms with Gasteiger partial charge in [-0.25, -0.2) is 0 Å². The lowest BCUT2D eigenvalue weighted by molar-refractivity contribution is -0.231. The van der Waals surface area contributed by atoms with Gasteiger partial charge in [-0.05, 0) is 56.7 Å². The Morgan fingerprint density at radius 3 is 2.52 bits per heavy atom. The van der Waals surface area contributed by atoms with Gasteiger partial charge in [-0.3, -0.25) is 4.90 Å². The van der Waals surface area contributed by atoms with E-state index in [1.165, 1.54) is 30.5 Å². The van der Waals surface area contributed by atoms with Crippen LogP contribution in [-0.2, 0) is 16.1 Å². The summed E-state index contributed by atoms with van der Waals surface area (Å²) >= 11 is 0. The van der Waals surface area contributed by atoms with E-state index in [1.54, 1.807) is 6.92 Å². The number of carbonyl (C=O) groups excluding carboxylic acids is 1. The zero-order valence-electron chi connectivity index (χ0n) is 17.7. The van der Waals surface area contributed by atoms with E-state index >= 15 is 0 Å². The molecule has 1 saturated carbocycles. The van der Waals surface area contributed by atoms with Gasteiger partial charge in [0.1, 0.15) is 11.5 Å². The van der Waals surface area contributed by atoms with Crippen LogP contribution in [0.3, 0.4) is 0 Å². The number of hydrogen-bond acceptors (Lipinski definition) is 5. The first-order valence-corrected chi connectivity index (χ1v) is 11.5. The highest BCUT2D eigenvalue weighted by molar-refractivity contribution is 5.75. The number of fused-ring (bicyclic) bond motifs is 1. The van der Waals surface area contributed by atoms with Crippen molar-refractivity contribution in [3.05, 3.63) is 23.8 Å². The van der Waals surface area contributed by atoms with E-state index < -0.39 is 5.79 Å². The van der Waals surface area contributed by atoms with Crippen LogP contribution in [0.5, 0.6) is 5.75 Å². The highest BCUT2D eigenvalue weighted by atomic mass is 16.7. The van der Waals surface area contributed by atoms with E-state index in [-0.39, 0.29) is 0 Å². The number of ether oxygens (including phenoxy) is 2. The minimum Gasteiger partial charge on any atom is -0.462 e.